The zero-order valence-corrected chi connectivity index (χ0v) is 9.38. The number of rotatable bonds is 3. The van der Waals surface area contributed by atoms with Crippen molar-refractivity contribution in [3.63, 3.8) is 0 Å². The van der Waals surface area contributed by atoms with Crippen LogP contribution in [0.5, 0.6) is 0 Å². The van der Waals surface area contributed by atoms with E-state index in [-0.39, 0.29) is 4.21 Å². The SMILES string of the molecule is NS(=O)(=O)c1sccc1CCBr. The summed E-state index contributed by atoms with van der Waals surface area (Å²) in [6, 6.07) is 1.78. The zero-order valence-electron chi connectivity index (χ0n) is 6.16. The van der Waals surface area contributed by atoms with Gasteiger partial charge in [-0.2, -0.15) is 0 Å². The van der Waals surface area contributed by atoms with Crippen molar-refractivity contribution in [2.75, 3.05) is 5.33 Å². The number of thiophene rings is 1. The minimum atomic E-state index is -3.51. The standard InChI is InChI=1S/C6H8BrNO2S2/c7-3-1-5-2-4-11-6(5)12(8,9)10/h2,4H,1,3H2,(H2,8,9,10). The first-order valence-electron chi connectivity index (χ1n) is 3.21. The lowest BCUT2D eigenvalue weighted by atomic mass is 10.3. The molecule has 2 N–H and O–H groups in total. The molecule has 0 atom stereocenters. The maximum atomic E-state index is 11.0. The van der Waals surface area contributed by atoms with E-state index in [9.17, 15) is 8.42 Å². The molecule has 0 aromatic carbocycles. The summed E-state index contributed by atoms with van der Waals surface area (Å²) in [5, 5.41) is 7.48. The van der Waals surface area contributed by atoms with Gasteiger partial charge in [-0.25, -0.2) is 13.6 Å². The molecule has 68 valence electrons. The number of hydrogen-bond acceptors (Lipinski definition) is 3. The average Bonchev–Trinajstić information content (AvgIpc) is 2.34. The second-order valence-corrected chi connectivity index (χ2v) is 5.68. The highest BCUT2D eigenvalue weighted by Gasteiger charge is 2.14. The van der Waals surface area contributed by atoms with E-state index >= 15 is 0 Å². The molecule has 0 fully saturated rings. The molecule has 0 saturated carbocycles. The summed E-state index contributed by atoms with van der Waals surface area (Å²) in [4.78, 5) is 0. The minimum Gasteiger partial charge on any atom is -0.224 e. The predicted molar refractivity (Wildman–Crippen MR) is 53.2 cm³/mol. The van der Waals surface area contributed by atoms with E-state index in [4.69, 9.17) is 5.14 Å². The first-order valence-corrected chi connectivity index (χ1v) is 6.75. The third-order valence-corrected chi connectivity index (χ3v) is 4.24. The molecule has 0 aliphatic heterocycles. The van der Waals surface area contributed by atoms with Gasteiger partial charge >= 0.3 is 0 Å². The molecule has 0 bridgehead atoms. The van der Waals surface area contributed by atoms with Crippen LogP contribution in [0.2, 0.25) is 0 Å². The lowest BCUT2D eigenvalue weighted by molar-refractivity contribution is 0.599. The molecule has 6 heteroatoms. The maximum Gasteiger partial charge on any atom is 0.247 e. The first kappa shape index (κ1) is 10.2. The molecule has 0 amide bonds. The third kappa shape index (κ3) is 2.29. The summed E-state index contributed by atoms with van der Waals surface area (Å²) in [5.41, 5.74) is 0.791. The zero-order chi connectivity index (χ0) is 9.19. The van der Waals surface area contributed by atoms with Crippen LogP contribution in [0, 0.1) is 0 Å². The fourth-order valence-electron chi connectivity index (χ4n) is 0.859. The topological polar surface area (TPSA) is 60.2 Å². The number of alkyl halides is 1. The molecule has 0 spiro atoms. The molecule has 0 saturated heterocycles. The van der Waals surface area contributed by atoms with E-state index in [1.54, 1.807) is 11.4 Å². The van der Waals surface area contributed by atoms with Crippen LogP contribution >= 0.6 is 27.3 Å². The van der Waals surface area contributed by atoms with Gasteiger partial charge in [-0.15, -0.1) is 11.3 Å². The number of hydrogen-bond donors (Lipinski definition) is 1. The highest BCUT2D eigenvalue weighted by Crippen LogP contribution is 2.21. The fraction of sp³-hybridized carbons (Fsp3) is 0.333. The van der Waals surface area contributed by atoms with E-state index in [2.05, 4.69) is 15.9 Å². The molecule has 1 aromatic heterocycles. The van der Waals surface area contributed by atoms with E-state index in [0.29, 0.717) is 6.42 Å². The van der Waals surface area contributed by atoms with Gasteiger partial charge in [0, 0.05) is 5.33 Å². The second-order valence-electron chi connectivity index (χ2n) is 2.22. The van der Waals surface area contributed by atoms with E-state index in [1.807, 2.05) is 0 Å². The van der Waals surface area contributed by atoms with Crippen LogP contribution in [0.25, 0.3) is 0 Å². The molecule has 1 rings (SSSR count). The van der Waals surface area contributed by atoms with Crippen LogP contribution in [0.1, 0.15) is 5.56 Å². The Morgan fingerprint density at radius 2 is 2.25 bits per heavy atom. The Balaban J connectivity index is 3.08. The molecule has 0 aliphatic rings. The highest BCUT2D eigenvalue weighted by molar-refractivity contribution is 9.09. The summed E-state index contributed by atoms with van der Waals surface area (Å²) < 4.78 is 22.2. The summed E-state index contributed by atoms with van der Waals surface area (Å²) in [5.74, 6) is 0. The lowest BCUT2D eigenvalue weighted by Crippen LogP contribution is -2.12. The Hall–Kier alpha value is 0.0900. The molecule has 1 heterocycles. The van der Waals surface area contributed by atoms with Crippen LogP contribution in [0.15, 0.2) is 15.7 Å². The van der Waals surface area contributed by atoms with Gasteiger partial charge in [0.2, 0.25) is 10.0 Å². The Morgan fingerprint density at radius 3 is 2.75 bits per heavy atom. The van der Waals surface area contributed by atoms with Gasteiger partial charge in [0.1, 0.15) is 4.21 Å². The van der Waals surface area contributed by atoms with Crippen LogP contribution in [-0.2, 0) is 16.4 Å². The lowest BCUT2D eigenvalue weighted by Gasteiger charge is -1.97. The summed E-state index contributed by atoms with van der Waals surface area (Å²) >= 11 is 4.40. The third-order valence-electron chi connectivity index (χ3n) is 1.33. The molecule has 12 heavy (non-hydrogen) atoms. The molecule has 3 nitrogen and oxygen atoms in total. The predicted octanol–water partition coefficient (Wildman–Crippen LogP) is 1.33. The molecule has 0 aliphatic carbocycles. The van der Waals surface area contributed by atoms with Crippen molar-refractivity contribution in [3.05, 3.63) is 17.0 Å². The Labute approximate surface area is 83.8 Å². The quantitative estimate of drug-likeness (QED) is 0.842. The number of aryl methyl sites for hydroxylation is 1. The molecule has 0 unspecified atom stereocenters. The largest absolute Gasteiger partial charge is 0.247 e. The maximum absolute atomic E-state index is 11.0. The van der Waals surface area contributed by atoms with Crippen molar-refractivity contribution in [2.45, 2.75) is 10.6 Å². The molecular weight excluding hydrogens is 262 g/mol. The summed E-state index contributed by atoms with van der Waals surface area (Å²) in [6.07, 6.45) is 0.690. The van der Waals surface area contributed by atoms with Gasteiger partial charge in [0.15, 0.2) is 0 Å². The average molecular weight is 270 g/mol. The van der Waals surface area contributed by atoms with E-state index in [1.165, 1.54) is 0 Å². The highest BCUT2D eigenvalue weighted by atomic mass is 79.9. The summed E-state index contributed by atoms with van der Waals surface area (Å²) in [6.45, 7) is 0. The minimum absolute atomic E-state index is 0.280. The van der Waals surface area contributed by atoms with E-state index < -0.39 is 10.0 Å². The number of primary sulfonamides is 1. The van der Waals surface area contributed by atoms with Gasteiger partial charge in [-0.05, 0) is 23.4 Å². The number of halogens is 1. The van der Waals surface area contributed by atoms with Crippen molar-refractivity contribution < 1.29 is 8.42 Å². The number of sulfonamides is 1. The van der Waals surface area contributed by atoms with Crippen LogP contribution in [0.4, 0.5) is 0 Å². The normalized spacial score (nSPS) is 11.8. The Morgan fingerprint density at radius 1 is 1.58 bits per heavy atom. The van der Waals surface area contributed by atoms with Gasteiger partial charge in [0.05, 0.1) is 0 Å². The van der Waals surface area contributed by atoms with Crippen LogP contribution in [0.3, 0.4) is 0 Å². The Bertz CT molecular complexity index is 357. The smallest absolute Gasteiger partial charge is 0.224 e. The van der Waals surface area contributed by atoms with Gasteiger partial charge in [-0.1, -0.05) is 15.9 Å². The van der Waals surface area contributed by atoms with Crippen molar-refractivity contribution in [1.29, 1.82) is 0 Å². The van der Waals surface area contributed by atoms with Crippen molar-refractivity contribution in [2.24, 2.45) is 5.14 Å². The van der Waals surface area contributed by atoms with Gasteiger partial charge in [-0.3, -0.25) is 0 Å². The Kier molecular flexibility index (Phi) is 3.28. The first-order chi connectivity index (χ1) is 5.55. The van der Waals surface area contributed by atoms with Crippen molar-refractivity contribution in [3.8, 4) is 0 Å². The molecular formula is C6H8BrNO2S2. The monoisotopic (exact) mass is 269 g/mol. The van der Waals surface area contributed by atoms with E-state index in [0.717, 1.165) is 22.2 Å². The van der Waals surface area contributed by atoms with Crippen LogP contribution in [-0.4, -0.2) is 13.7 Å². The molecule has 0 radical (unpaired) electrons. The number of nitrogens with two attached hydrogens (primary N) is 1. The summed E-state index contributed by atoms with van der Waals surface area (Å²) in [7, 11) is -3.51. The van der Waals surface area contributed by atoms with Gasteiger partial charge in [0.25, 0.3) is 0 Å². The molecule has 1 aromatic rings. The van der Waals surface area contributed by atoms with Gasteiger partial charge < -0.3 is 0 Å². The second kappa shape index (κ2) is 3.87. The fourth-order valence-corrected chi connectivity index (χ4v) is 3.20. The van der Waals surface area contributed by atoms with Crippen LogP contribution < -0.4 is 5.14 Å². The van der Waals surface area contributed by atoms with Crippen molar-refractivity contribution >= 4 is 37.3 Å². The van der Waals surface area contributed by atoms with Crippen molar-refractivity contribution in [1.82, 2.24) is 0 Å².